The molecule has 3 aliphatic rings. The van der Waals surface area contributed by atoms with Gasteiger partial charge >= 0.3 is 0 Å². The number of Topliss-reactive ketones (excluding diaryl/α,β-unsaturated/α-hetero) is 1. The highest BCUT2D eigenvalue weighted by Crippen LogP contribution is 2.48. The van der Waals surface area contributed by atoms with Crippen LogP contribution in [0.5, 0.6) is 0 Å². The second-order valence-electron chi connectivity index (χ2n) is 10.6. The quantitative estimate of drug-likeness (QED) is 0.255. The van der Waals surface area contributed by atoms with Gasteiger partial charge < -0.3 is 10.2 Å². The van der Waals surface area contributed by atoms with Crippen molar-refractivity contribution in [2.45, 2.75) is 22.0 Å². The van der Waals surface area contributed by atoms with E-state index < -0.39 is 24.0 Å². The molecular formula is C37H28O3S2. The Morgan fingerprint density at radius 1 is 0.571 bits per heavy atom. The molecule has 0 radical (unpaired) electrons. The first kappa shape index (κ1) is 27.0. The molecule has 4 aromatic rings. The maximum absolute atomic E-state index is 13.5. The summed E-state index contributed by atoms with van der Waals surface area (Å²) < 4.78 is 0. The number of thioether (sulfide) groups is 2. The molecule has 1 fully saturated rings. The fraction of sp³-hybridized carbons (Fsp3) is 0.108. The number of carbonyl (C=O) groups is 1. The largest absolute Gasteiger partial charge is 0.391 e. The van der Waals surface area contributed by atoms with Crippen LogP contribution in [0.3, 0.4) is 0 Å². The Bertz CT molecular complexity index is 1790. The number of ketones is 1. The normalized spacial score (nSPS) is 25.1. The summed E-state index contributed by atoms with van der Waals surface area (Å²) in [6.45, 7) is 0. The van der Waals surface area contributed by atoms with E-state index in [1.165, 1.54) is 0 Å². The first-order valence-electron chi connectivity index (χ1n) is 14.0. The average molecular weight is 585 g/mol. The van der Waals surface area contributed by atoms with E-state index in [1.807, 2.05) is 72.8 Å². The predicted octanol–water partition coefficient (Wildman–Crippen LogP) is 7.98. The van der Waals surface area contributed by atoms with Crippen molar-refractivity contribution in [2.75, 3.05) is 0 Å². The molecule has 0 amide bonds. The second-order valence-corrected chi connectivity index (χ2v) is 12.8. The van der Waals surface area contributed by atoms with Crippen LogP contribution in [0.15, 0.2) is 141 Å². The standard InChI is InChI=1S/C37H28O3S2/c38-35-29(21-33-27(23-11-3-1-4-12-23)19-25-15-7-9-17-31(25)41-33)36(39)37(40)30(35)22-34-28(24-13-5-2-6-14-24)20-26-16-8-10-18-32(26)42-34/h1-22,29-30,35-36,38-39H/b33-21+,34-22+. The molecule has 0 aromatic heterocycles. The van der Waals surface area contributed by atoms with Gasteiger partial charge in [-0.3, -0.25) is 4.79 Å². The smallest absolute Gasteiger partial charge is 0.171 e. The summed E-state index contributed by atoms with van der Waals surface area (Å²) in [6, 6.07) is 36.6. The molecule has 7 rings (SSSR count). The van der Waals surface area contributed by atoms with E-state index >= 15 is 0 Å². The summed E-state index contributed by atoms with van der Waals surface area (Å²) in [5, 5.41) is 22.8. The average Bonchev–Trinajstić information content (AvgIpc) is 3.23. The van der Waals surface area contributed by atoms with Crippen LogP contribution in [0, 0.1) is 11.8 Å². The first-order valence-corrected chi connectivity index (χ1v) is 15.6. The van der Waals surface area contributed by atoms with Gasteiger partial charge in [0.05, 0.1) is 12.0 Å². The van der Waals surface area contributed by atoms with Crippen LogP contribution in [-0.2, 0) is 4.79 Å². The summed E-state index contributed by atoms with van der Waals surface area (Å²) in [4.78, 5) is 17.6. The minimum absolute atomic E-state index is 0.352. The number of rotatable bonds is 4. The zero-order chi connectivity index (χ0) is 28.6. The van der Waals surface area contributed by atoms with E-state index in [9.17, 15) is 15.0 Å². The van der Waals surface area contributed by atoms with Gasteiger partial charge in [-0.25, -0.2) is 0 Å². The van der Waals surface area contributed by atoms with Crippen molar-refractivity contribution in [2.24, 2.45) is 11.8 Å². The third kappa shape index (κ3) is 5.03. The van der Waals surface area contributed by atoms with E-state index in [4.69, 9.17) is 0 Å². The van der Waals surface area contributed by atoms with Gasteiger partial charge in [0.25, 0.3) is 0 Å². The predicted molar refractivity (Wildman–Crippen MR) is 173 cm³/mol. The maximum Gasteiger partial charge on any atom is 0.171 e. The molecule has 206 valence electrons. The summed E-state index contributed by atoms with van der Waals surface area (Å²) in [7, 11) is 0. The van der Waals surface area contributed by atoms with Crippen LogP contribution in [0.2, 0.25) is 0 Å². The van der Waals surface area contributed by atoms with Gasteiger partial charge in [0.2, 0.25) is 0 Å². The highest BCUT2D eigenvalue weighted by molar-refractivity contribution is 8.04. The van der Waals surface area contributed by atoms with Gasteiger partial charge in [0.1, 0.15) is 6.10 Å². The van der Waals surface area contributed by atoms with Gasteiger partial charge in [-0.1, -0.05) is 133 Å². The highest BCUT2D eigenvalue weighted by atomic mass is 32.2. The number of benzene rings is 4. The minimum Gasteiger partial charge on any atom is -0.391 e. The lowest BCUT2D eigenvalue weighted by Gasteiger charge is -2.23. The minimum atomic E-state index is -1.30. The fourth-order valence-electron chi connectivity index (χ4n) is 5.81. The van der Waals surface area contributed by atoms with E-state index in [1.54, 1.807) is 23.5 Å². The summed E-state index contributed by atoms with van der Waals surface area (Å²) in [5.74, 6) is -1.91. The first-order chi connectivity index (χ1) is 20.6. The molecule has 1 aliphatic carbocycles. The lowest BCUT2D eigenvalue weighted by Crippen LogP contribution is -2.23. The highest BCUT2D eigenvalue weighted by Gasteiger charge is 2.47. The second kappa shape index (κ2) is 11.4. The van der Waals surface area contributed by atoms with Gasteiger partial charge in [0.15, 0.2) is 5.78 Å². The van der Waals surface area contributed by atoms with E-state index in [2.05, 4.69) is 60.7 Å². The number of allylic oxidation sites excluding steroid dienone is 2. The molecule has 5 heteroatoms. The van der Waals surface area contributed by atoms with Gasteiger partial charge in [0, 0.05) is 25.5 Å². The molecule has 0 spiro atoms. The Kier molecular flexibility index (Phi) is 7.34. The van der Waals surface area contributed by atoms with Crippen molar-refractivity contribution in [3.63, 3.8) is 0 Å². The van der Waals surface area contributed by atoms with Crippen molar-refractivity contribution < 1.29 is 15.0 Å². The lowest BCUT2D eigenvalue weighted by molar-refractivity contribution is -0.127. The molecule has 2 aliphatic heterocycles. The Balaban J connectivity index is 1.26. The van der Waals surface area contributed by atoms with E-state index in [0.717, 1.165) is 53.0 Å². The van der Waals surface area contributed by atoms with Crippen molar-refractivity contribution >= 4 is 52.6 Å². The number of hydrogen-bond donors (Lipinski definition) is 2. The Hall–Kier alpha value is -3.87. The molecule has 0 bridgehead atoms. The molecule has 4 aromatic carbocycles. The lowest BCUT2D eigenvalue weighted by atomic mass is 9.94. The van der Waals surface area contributed by atoms with Crippen molar-refractivity contribution in [3.8, 4) is 0 Å². The molecule has 2 N–H and O–H groups in total. The Morgan fingerprint density at radius 3 is 1.55 bits per heavy atom. The van der Waals surface area contributed by atoms with Crippen LogP contribution in [0.4, 0.5) is 0 Å². The van der Waals surface area contributed by atoms with Crippen molar-refractivity contribution in [1.29, 1.82) is 0 Å². The Labute approximate surface area is 254 Å². The molecular weight excluding hydrogens is 557 g/mol. The summed E-state index contributed by atoms with van der Waals surface area (Å²) >= 11 is 3.21. The van der Waals surface area contributed by atoms with E-state index in [-0.39, 0.29) is 5.78 Å². The number of aliphatic hydroxyl groups excluding tert-OH is 2. The SMILES string of the molecule is O=C1C(O)C(/C=C2/Sc3ccccc3C=C2c2ccccc2)C(O)C1/C=C1/Sc2ccccc2C=C1c1ccccc1. The third-order valence-corrected chi connectivity index (χ3v) is 10.3. The molecule has 4 unspecified atom stereocenters. The van der Waals surface area contributed by atoms with E-state index in [0.29, 0.717) is 0 Å². The van der Waals surface area contributed by atoms with Crippen LogP contribution in [0.1, 0.15) is 22.3 Å². The van der Waals surface area contributed by atoms with Crippen LogP contribution >= 0.6 is 23.5 Å². The van der Waals surface area contributed by atoms with Crippen molar-refractivity contribution in [3.05, 3.63) is 153 Å². The summed E-state index contributed by atoms with van der Waals surface area (Å²) in [6.07, 6.45) is 5.70. The third-order valence-electron chi connectivity index (χ3n) is 8.00. The van der Waals surface area contributed by atoms with Gasteiger partial charge in [-0.05, 0) is 57.7 Å². The van der Waals surface area contributed by atoms with Crippen molar-refractivity contribution in [1.82, 2.24) is 0 Å². The zero-order valence-electron chi connectivity index (χ0n) is 22.6. The monoisotopic (exact) mass is 584 g/mol. The van der Waals surface area contributed by atoms with Gasteiger partial charge in [-0.2, -0.15) is 0 Å². The molecule has 1 saturated carbocycles. The van der Waals surface area contributed by atoms with Crippen LogP contribution < -0.4 is 0 Å². The van der Waals surface area contributed by atoms with Crippen LogP contribution in [-0.4, -0.2) is 28.2 Å². The fourth-order valence-corrected chi connectivity index (χ4v) is 8.08. The summed E-state index contributed by atoms with van der Waals surface area (Å²) in [5.41, 5.74) is 6.35. The molecule has 0 saturated heterocycles. The maximum atomic E-state index is 13.5. The number of fused-ring (bicyclic) bond motifs is 2. The number of hydrogen-bond acceptors (Lipinski definition) is 5. The molecule has 3 nitrogen and oxygen atoms in total. The van der Waals surface area contributed by atoms with Gasteiger partial charge in [-0.15, -0.1) is 0 Å². The Morgan fingerprint density at radius 2 is 1.02 bits per heavy atom. The number of aliphatic hydroxyl groups is 2. The number of carbonyl (C=O) groups excluding carboxylic acids is 1. The topological polar surface area (TPSA) is 57.5 Å². The zero-order valence-corrected chi connectivity index (χ0v) is 24.3. The molecule has 42 heavy (non-hydrogen) atoms. The molecule has 4 atom stereocenters. The van der Waals surface area contributed by atoms with Crippen LogP contribution in [0.25, 0.3) is 23.3 Å². The molecule has 2 heterocycles.